The fourth-order valence-electron chi connectivity index (χ4n) is 1.97. The van der Waals surface area contributed by atoms with Gasteiger partial charge in [0.05, 0.1) is 15.7 Å². The van der Waals surface area contributed by atoms with Crippen LogP contribution >= 0.6 is 23.2 Å². The smallest absolute Gasteiger partial charge is 0.344 e. The first-order valence-electron chi connectivity index (χ1n) is 7.46. The Balaban J connectivity index is 1.80. The fourth-order valence-corrected chi connectivity index (χ4v) is 2.32. The van der Waals surface area contributed by atoms with Crippen LogP contribution in [0.1, 0.15) is 11.1 Å². The number of amides is 1. The van der Waals surface area contributed by atoms with Gasteiger partial charge in [0.2, 0.25) is 0 Å². The molecule has 2 aromatic rings. The van der Waals surface area contributed by atoms with Crippen molar-refractivity contribution in [2.75, 3.05) is 18.5 Å². The summed E-state index contributed by atoms with van der Waals surface area (Å²) in [5, 5.41) is 3.07. The summed E-state index contributed by atoms with van der Waals surface area (Å²) >= 11 is 11.8. The number of carbonyl (C=O) groups is 2. The molecule has 0 fully saturated rings. The van der Waals surface area contributed by atoms with Crippen LogP contribution in [0.25, 0.3) is 0 Å². The molecule has 0 heterocycles. The van der Waals surface area contributed by atoms with Gasteiger partial charge in [0.25, 0.3) is 5.91 Å². The molecule has 0 aliphatic carbocycles. The highest BCUT2D eigenvalue weighted by Gasteiger charge is 2.12. The van der Waals surface area contributed by atoms with E-state index in [2.05, 4.69) is 5.32 Å². The van der Waals surface area contributed by atoms with Crippen molar-refractivity contribution in [2.24, 2.45) is 0 Å². The number of hydrogen-bond donors (Lipinski definition) is 1. The topological polar surface area (TPSA) is 64.6 Å². The van der Waals surface area contributed by atoms with E-state index in [-0.39, 0.29) is 11.6 Å². The van der Waals surface area contributed by atoms with Crippen molar-refractivity contribution in [3.8, 4) is 5.75 Å². The van der Waals surface area contributed by atoms with E-state index in [0.29, 0.717) is 16.5 Å². The maximum atomic E-state index is 11.8. The Bertz CT molecular complexity index is 793. The second kappa shape index (κ2) is 8.74. The van der Waals surface area contributed by atoms with Gasteiger partial charge < -0.3 is 14.8 Å². The molecule has 0 aromatic heterocycles. The van der Waals surface area contributed by atoms with Gasteiger partial charge in [-0.25, -0.2) is 4.79 Å². The third kappa shape index (κ3) is 5.66. The van der Waals surface area contributed by atoms with Gasteiger partial charge in [-0.2, -0.15) is 0 Å². The molecule has 0 radical (unpaired) electrons. The van der Waals surface area contributed by atoms with Crippen molar-refractivity contribution in [1.29, 1.82) is 0 Å². The van der Waals surface area contributed by atoms with Gasteiger partial charge in [-0.1, -0.05) is 41.4 Å². The minimum atomic E-state index is -0.645. The van der Waals surface area contributed by atoms with E-state index in [1.807, 2.05) is 32.0 Å². The molecule has 0 saturated carbocycles. The summed E-state index contributed by atoms with van der Waals surface area (Å²) in [5.41, 5.74) is 2.28. The molecule has 0 spiro atoms. The number of anilines is 1. The van der Waals surface area contributed by atoms with Gasteiger partial charge in [-0.3, -0.25) is 4.79 Å². The number of esters is 1. The molecule has 1 amide bonds. The van der Waals surface area contributed by atoms with Gasteiger partial charge in [-0.05, 0) is 43.2 Å². The van der Waals surface area contributed by atoms with Crippen LogP contribution in [0.3, 0.4) is 0 Å². The van der Waals surface area contributed by atoms with Crippen LogP contribution in [0.4, 0.5) is 5.69 Å². The van der Waals surface area contributed by atoms with E-state index < -0.39 is 18.5 Å². The Morgan fingerprint density at radius 3 is 2.60 bits per heavy atom. The van der Waals surface area contributed by atoms with Crippen LogP contribution < -0.4 is 10.1 Å². The maximum Gasteiger partial charge on any atom is 0.344 e. The Morgan fingerprint density at radius 1 is 1.08 bits per heavy atom. The zero-order valence-electron chi connectivity index (χ0n) is 13.8. The van der Waals surface area contributed by atoms with Crippen molar-refractivity contribution >= 4 is 40.8 Å². The predicted octanol–water partition coefficient (Wildman–Crippen LogP) is 4.17. The van der Waals surface area contributed by atoms with Crippen molar-refractivity contribution in [3.05, 3.63) is 57.6 Å². The van der Waals surface area contributed by atoms with E-state index in [1.54, 1.807) is 18.2 Å². The first-order chi connectivity index (χ1) is 11.9. The van der Waals surface area contributed by atoms with Crippen LogP contribution in [-0.2, 0) is 14.3 Å². The molecule has 0 atom stereocenters. The van der Waals surface area contributed by atoms with Crippen LogP contribution in [0.15, 0.2) is 36.4 Å². The van der Waals surface area contributed by atoms with Crippen molar-refractivity contribution in [3.63, 3.8) is 0 Å². The first kappa shape index (κ1) is 19.1. The largest absolute Gasteiger partial charge is 0.482 e. The van der Waals surface area contributed by atoms with E-state index in [0.717, 1.165) is 11.1 Å². The average molecular weight is 382 g/mol. The molecule has 1 N–H and O–H groups in total. The summed E-state index contributed by atoms with van der Waals surface area (Å²) in [6.07, 6.45) is 0. The van der Waals surface area contributed by atoms with Crippen molar-refractivity contribution in [1.82, 2.24) is 0 Å². The number of ether oxygens (including phenoxy) is 2. The quantitative estimate of drug-likeness (QED) is 0.762. The molecule has 0 aliphatic rings. The Labute approximate surface area is 155 Å². The lowest BCUT2D eigenvalue weighted by molar-refractivity contribution is -0.149. The van der Waals surface area contributed by atoms with Gasteiger partial charge in [0.15, 0.2) is 13.2 Å². The third-order valence-corrected chi connectivity index (χ3v) is 4.10. The molecule has 7 heteroatoms. The first-order valence-corrected chi connectivity index (χ1v) is 8.22. The number of hydrogen-bond acceptors (Lipinski definition) is 4. The summed E-state index contributed by atoms with van der Waals surface area (Å²) in [6.45, 7) is 3.07. The van der Waals surface area contributed by atoms with Crippen LogP contribution in [0.2, 0.25) is 10.0 Å². The van der Waals surface area contributed by atoms with Gasteiger partial charge in [-0.15, -0.1) is 0 Å². The average Bonchev–Trinajstić information content (AvgIpc) is 2.58. The molecular formula is C18H17Cl2NO4. The van der Waals surface area contributed by atoms with Gasteiger partial charge >= 0.3 is 5.97 Å². The molecule has 5 nitrogen and oxygen atoms in total. The van der Waals surface area contributed by atoms with E-state index in [9.17, 15) is 9.59 Å². The monoisotopic (exact) mass is 381 g/mol. The SMILES string of the molecule is Cc1ccc(C)c(OCC(=O)OCC(=O)Nc2cccc(Cl)c2Cl)c1. The molecule has 25 heavy (non-hydrogen) atoms. The highest BCUT2D eigenvalue weighted by Crippen LogP contribution is 2.29. The number of nitrogens with one attached hydrogen (secondary N) is 1. The Hall–Kier alpha value is -2.24. The standard InChI is InChI=1S/C18H17Cl2NO4/c1-11-6-7-12(2)15(8-11)24-10-17(23)25-9-16(22)21-14-5-3-4-13(19)18(14)20/h3-8H,9-10H2,1-2H3,(H,21,22). The zero-order valence-corrected chi connectivity index (χ0v) is 15.3. The number of halogens is 2. The van der Waals surface area contributed by atoms with Crippen molar-refractivity contribution < 1.29 is 19.1 Å². The van der Waals surface area contributed by atoms with E-state index >= 15 is 0 Å². The van der Waals surface area contributed by atoms with E-state index in [4.69, 9.17) is 32.7 Å². The number of carbonyl (C=O) groups excluding carboxylic acids is 2. The molecule has 0 unspecified atom stereocenters. The predicted molar refractivity (Wildman–Crippen MR) is 97.5 cm³/mol. The molecule has 2 aromatic carbocycles. The summed E-state index contributed by atoms with van der Waals surface area (Å²) in [6, 6.07) is 10.5. The molecule has 0 aliphatic heterocycles. The molecular weight excluding hydrogens is 365 g/mol. The lowest BCUT2D eigenvalue weighted by Crippen LogP contribution is -2.23. The molecule has 0 saturated heterocycles. The van der Waals surface area contributed by atoms with Crippen LogP contribution in [0, 0.1) is 13.8 Å². The van der Waals surface area contributed by atoms with Crippen LogP contribution in [-0.4, -0.2) is 25.1 Å². The number of rotatable bonds is 6. The fraction of sp³-hybridized carbons (Fsp3) is 0.222. The zero-order chi connectivity index (χ0) is 18.4. The van der Waals surface area contributed by atoms with Crippen molar-refractivity contribution in [2.45, 2.75) is 13.8 Å². The van der Waals surface area contributed by atoms with Crippen LogP contribution in [0.5, 0.6) is 5.75 Å². The van der Waals surface area contributed by atoms with Gasteiger partial charge in [0.1, 0.15) is 5.75 Å². The second-order valence-corrected chi connectivity index (χ2v) is 6.15. The highest BCUT2D eigenvalue weighted by atomic mass is 35.5. The molecule has 132 valence electrons. The maximum absolute atomic E-state index is 11.8. The lowest BCUT2D eigenvalue weighted by Gasteiger charge is -2.11. The molecule has 2 rings (SSSR count). The normalized spacial score (nSPS) is 10.2. The second-order valence-electron chi connectivity index (χ2n) is 5.37. The minimum Gasteiger partial charge on any atom is -0.482 e. The minimum absolute atomic E-state index is 0.224. The summed E-state index contributed by atoms with van der Waals surface area (Å²) < 4.78 is 10.3. The third-order valence-electron chi connectivity index (χ3n) is 3.28. The summed E-state index contributed by atoms with van der Waals surface area (Å²) in [7, 11) is 0. The lowest BCUT2D eigenvalue weighted by atomic mass is 10.1. The Kier molecular flexibility index (Phi) is 6.67. The van der Waals surface area contributed by atoms with Gasteiger partial charge in [0, 0.05) is 0 Å². The summed E-state index contributed by atoms with van der Waals surface area (Å²) in [5.74, 6) is -0.565. The summed E-state index contributed by atoms with van der Waals surface area (Å²) in [4.78, 5) is 23.5. The number of aryl methyl sites for hydroxylation is 2. The Morgan fingerprint density at radius 2 is 1.84 bits per heavy atom. The highest BCUT2D eigenvalue weighted by molar-refractivity contribution is 6.44. The van der Waals surface area contributed by atoms with E-state index in [1.165, 1.54) is 0 Å². The number of benzene rings is 2. The molecule has 0 bridgehead atoms.